The van der Waals surface area contributed by atoms with E-state index >= 15 is 0 Å². The summed E-state index contributed by atoms with van der Waals surface area (Å²) >= 11 is 5.39. The van der Waals surface area contributed by atoms with Crippen LogP contribution in [0.2, 0.25) is 5.02 Å². The minimum absolute atomic E-state index is 0.304. The van der Waals surface area contributed by atoms with Crippen molar-refractivity contribution in [2.75, 3.05) is 5.73 Å². The number of nitrogen functional groups attached to an aromatic ring is 1. The molecule has 0 atom stereocenters. The third-order valence-corrected chi connectivity index (χ3v) is 1.84. The van der Waals surface area contributed by atoms with Crippen LogP contribution in [-0.2, 0) is 0 Å². The highest BCUT2D eigenvalue weighted by molar-refractivity contribution is 6.34. The molecule has 3 N–H and O–H groups in total. The van der Waals surface area contributed by atoms with Crippen molar-refractivity contribution in [3.05, 3.63) is 22.3 Å². The lowest BCUT2D eigenvalue weighted by molar-refractivity contribution is 0.0690. The van der Waals surface area contributed by atoms with E-state index in [2.05, 4.69) is 4.98 Å². The number of carboxylic acid groups (broad SMARTS) is 1. The largest absolute Gasteiger partial charge is 0.476 e. The molecule has 0 aliphatic heterocycles. The molecule has 1 heterocycles. The molecule has 14 heavy (non-hydrogen) atoms. The second kappa shape index (κ2) is 3.75. The summed E-state index contributed by atoms with van der Waals surface area (Å²) in [5, 5.41) is 7.97. The highest BCUT2D eigenvalue weighted by Crippen LogP contribution is 2.30. The van der Waals surface area contributed by atoms with E-state index in [-0.39, 0.29) is 5.82 Å². The molecular formula is C7H5ClF2N2O2. The fourth-order valence-electron chi connectivity index (χ4n) is 0.870. The van der Waals surface area contributed by atoms with Crippen molar-refractivity contribution < 1.29 is 18.7 Å². The number of aromatic carboxylic acids is 1. The topological polar surface area (TPSA) is 76.2 Å². The van der Waals surface area contributed by atoms with Crippen molar-refractivity contribution in [3.8, 4) is 0 Å². The van der Waals surface area contributed by atoms with Gasteiger partial charge in [0, 0.05) is 5.56 Å². The van der Waals surface area contributed by atoms with Gasteiger partial charge in [-0.15, -0.1) is 0 Å². The first kappa shape index (κ1) is 10.6. The number of halogens is 3. The quantitative estimate of drug-likeness (QED) is 0.802. The Kier molecular flexibility index (Phi) is 2.85. The summed E-state index contributed by atoms with van der Waals surface area (Å²) in [4.78, 5) is 13.8. The van der Waals surface area contributed by atoms with Gasteiger partial charge < -0.3 is 10.8 Å². The van der Waals surface area contributed by atoms with E-state index in [0.29, 0.717) is 0 Å². The maximum Gasteiger partial charge on any atom is 0.356 e. The van der Waals surface area contributed by atoms with Crippen LogP contribution in [0.1, 0.15) is 22.5 Å². The van der Waals surface area contributed by atoms with Crippen LogP contribution in [0, 0.1) is 0 Å². The van der Waals surface area contributed by atoms with Crippen LogP contribution < -0.4 is 5.73 Å². The lowest BCUT2D eigenvalue weighted by Crippen LogP contribution is -2.06. The average molecular weight is 223 g/mol. The third-order valence-electron chi connectivity index (χ3n) is 1.44. The molecular weight excluding hydrogens is 218 g/mol. The van der Waals surface area contributed by atoms with Crippen molar-refractivity contribution in [1.82, 2.24) is 4.98 Å². The van der Waals surface area contributed by atoms with E-state index < -0.39 is 28.7 Å². The van der Waals surface area contributed by atoms with Gasteiger partial charge in [0.2, 0.25) is 0 Å². The van der Waals surface area contributed by atoms with Gasteiger partial charge in [-0.3, -0.25) is 0 Å². The highest BCUT2D eigenvalue weighted by Gasteiger charge is 2.20. The summed E-state index contributed by atoms with van der Waals surface area (Å²) in [5.74, 6) is -1.80. The summed E-state index contributed by atoms with van der Waals surface area (Å²) in [6, 6.07) is 0.847. The SMILES string of the molecule is Nc1cc(C(F)F)c(Cl)c(C(=O)O)n1. The molecule has 0 fully saturated rings. The van der Waals surface area contributed by atoms with E-state index in [9.17, 15) is 13.6 Å². The third kappa shape index (κ3) is 1.90. The molecule has 0 aliphatic carbocycles. The zero-order valence-electron chi connectivity index (χ0n) is 6.67. The van der Waals surface area contributed by atoms with Gasteiger partial charge in [-0.25, -0.2) is 18.6 Å². The Hall–Kier alpha value is -1.43. The predicted molar refractivity (Wildman–Crippen MR) is 45.6 cm³/mol. The molecule has 0 aliphatic rings. The molecule has 1 rings (SSSR count). The van der Waals surface area contributed by atoms with Gasteiger partial charge in [0.25, 0.3) is 6.43 Å². The molecule has 4 nitrogen and oxygen atoms in total. The summed E-state index contributed by atoms with van der Waals surface area (Å²) in [7, 11) is 0. The number of carbonyl (C=O) groups is 1. The molecule has 1 aromatic rings. The van der Waals surface area contributed by atoms with Crippen molar-refractivity contribution in [3.63, 3.8) is 0 Å². The van der Waals surface area contributed by atoms with E-state index in [4.69, 9.17) is 22.4 Å². The van der Waals surface area contributed by atoms with Crippen molar-refractivity contribution in [2.24, 2.45) is 0 Å². The Balaban J connectivity index is 3.40. The predicted octanol–water partition coefficient (Wildman–Crippen LogP) is 1.95. The van der Waals surface area contributed by atoms with Crippen LogP contribution in [0.15, 0.2) is 6.07 Å². The first-order valence-corrected chi connectivity index (χ1v) is 3.78. The van der Waals surface area contributed by atoms with E-state index in [1.54, 1.807) is 0 Å². The number of rotatable bonds is 2. The summed E-state index contributed by atoms with van der Waals surface area (Å²) in [6.45, 7) is 0. The lowest BCUT2D eigenvalue weighted by atomic mass is 10.2. The van der Waals surface area contributed by atoms with Crippen LogP contribution in [0.5, 0.6) is 0 Å². The summed E-state index contributed by atoms with van der Waals surface area (Å²) in [5.41, 5.74) is 3.84. The van der Waals surface area contributed by atoms with Crippen LogP contribution >= 0.6 is 11.6 Å². The minimum Gasteiger partial charge on any atom is -0.476 e. The Morgan fingerprint density at radius 1 is 1.64 bits per heavy atom. The fourth-order valence-corrected chi connectivity index (χ4v) is 1.13. The Morgan fingerprint density at radius 2 is 2.21 bits per heavy atom. The number of nitrogens with two attached hydrogens (primary N) is 1. The second-order valence-corrected chi connectivity index (χ2v) is 2.78. The smallest absolute Gasteiger partial charge is 0.356 e. The molecule has 7 heteroatoms. The highest BCUT2D eigenvalue weighted by atomic mass is 35.5. The van der Waals surface area contributed by atoms with Gasteiger partial charge in [0.05, 0.1) is 5.02 Å². The van der Waals surface area contributed by atoms with Gasteiger partial charge in [0.15, 0.2) is 5.69 Å². The Morgan fingerprint density at radius 3 is 2.64 bits per heavy atom. The number of aromatic nitrogens is 1. The zero-order chi connectivity index (χ0) is 10.9. The molecule has 1 aromatic heterocycles. The summed E-state index contributed by atoms with van der Waals surface area (Å²) in [6.07, 6.45) is -2.88. The number of anilines is 1. The standard InChI is InChI=1S/C7H5ClF2N2O2/c8-4-2(6(9)10)1-3(11)12-5(4)7(13)14/h1,6H,(H2,11,12)(H,13,14). The molecule has 0 radical (unpaired) electrons. The van der Waals surface area contributed by atoms with Crippen LogP contribution in [0.4, 0.5) is 14.6 Å². The number of carboxylic acids is 1. The van der Waals surface area contributed by atoms with Crippen molar-refractivity contribution in [1.29, 1.82) is 0 Å². The molecule has 0 spiro atoms. The molecule has 0 saturated carbocycles. The first-order chi connectivity index (χ1) is 6.43. The van der Waals surface area contributed by atoms with Gasteiger partial charge in [-0.1, -0.05) is 11.6 Å². The van der Waals surface area contributed by atoms with Gasteiger partial charge in [-0.2, -0.15) is 0 Å². The number of nitrogens with zero attached hydrogens (tertiary/aromatic N) is 1. The normalized spacial score (nSPS) is 10.6. The maximum atomic E-state index is 12.3. The Bertz CT molecular complexity index is 384. The van der Waals surface area contributed by atoms with Gasteiger partial charge in [-0.05, 0) is 6.07 Å². The van der Waals surface area contributed by atoms with Crippen LogP contribution in [-0.4, -0.2) is 16.1 Å². The number of alkyl halides is 2. The summed E-state index contributed by atoms with van der Waals surface area (Å²) < 4.78 is 24.6. The average Bonchev–Trinajstić information content (AvgIpc) is 2.07. The van der Waals surface area contributed by atoms with Crippen molar-refractivity contribution in [2.45, 2.75) is 6.43 Å². The lowest BCUT2D eigenvalue weighted by Gasteiger charge is -2.06. The van der Waals surface area contributed by atoms with Crippen molar-refractivity contribution >= 4 is 23.4 Å². The molecule has 0 aromatic carbocycles. The zero-order valence-corrected chi connectivity index (χ0v) is 7.42. The Labute approximate surface area is 82.3 Å². The molecule has 76 valence electrons. The van der Waals surface area contributed by atoms with E-state index in [1.165, 1.54) is 0 Å². The molecule has 0 unspecified atom stereocenters. The van der Waals surface area contributed by atoms with Crippen LogP contribution in [0.3, 0.4) is 0 Å². The number of hydrogen-bond acceptors (Lipinski definition) is 3. The number of hydrogen-bond donors (Lipinski definition) is 2. The first-order valence-electron chi connectivity index (χ1n) is 3.41. The van der Waals surface area contributed by atoms with Crippen LogP contribution in [0.25, 0.3) is 0 Å². The van der Waals surface area contributed by atoms with E-state index in [0.717, 1.165) is 6.07 Å². The fraction of sp³-hybridized carbons (Fsp3) is 0.143. The molecule has 0 bridgehead atoms. The van der Waals surface area contributed by atoms with Gasteiger partial charge in [0.1, 0.15) is 5.82 Å². The second-order valence-electron chi connectivity index (χ2n) is 2.40. The minimum atomic E-state index is -2.88. The maximum absolute atomic E-state index is 12.3. The molecule has 0 saturated heterocycles. The van der Waals surface area contributed by atoms with Gasteiger partial charge >= 0.3 is 5.97 Å². The monoisotopic (exact) mass is 222 g/mol. The van der Waals surface area contributed by atoms with E-state index in [1.807, 2.05) is 0 Å². The molecule has 0 amide bonds. The number of pyridine rings is 1.